The van der Waals surface area contributed by atoms with Gasteiger partial charge in [-0.3, -0.25) is 14.7 Å². The van der Waals surface area contributed by atoms with E-state index in [0.717, 1.165) is 18.4 Å². The fraction of sp³-hybridized carbons (Fsp3) is 0.320. The lowest BCUT2D eigenvalue weighted by Crippen LogP contribution is -2.18. The van der Waals surface area contributed by atoms with Gasteiger partial charge in [0.25, 0.3) is 0 Å². The summed E-state index contributed by atoms with van der Waals surface area (Å²) in [5, 5.41) is 14.5. The molecule has 2 atom stereocenters. The Labute approximate surface area is 203 Å². The second-order valence-electron chi connectivity index (χ2n) is 7.71. The van der Waals surface area contributed by atoms with E-state index < -0.39 is 4.92 Å². The normalized spacial score (nSPS) is 17.0. The minimum atomic E-state index is -0.450. The van der Waals surface area contributed by atoms with E-state index >= 15 is 0 Å². The number of rotatable bonds is 8. The molecule has 0 bridgehead atoms. The average Bonchev–Trinajstić information content (AvgIpc) is 3.55. The summed E-state index contributed by atoms with van der Waals surface area (Å²) < 4.78 is 13.8. The number of ether oxygens (including phenoxy) is 2. The number of nitrogens with zero attached hydrogens (tertiary/aromatic N) is 5. The van der Waals surface area contributed by atoms with Crippen molar-refractivity contribution in [3.63, 3.8) is 0 Å². The van der Waals surface area contributed by atoms with Gasteiger partial charge in [0.15, 0.2) is 22.7 Å². The molecule has 2 aromatic carbocycles. The molecule has 5 rings (SSSR count). The Balaban J connectivity index is 0.00000141. The smallest absolute Gasteiger partial charge is 0.310 e. The predicted molar refractivity (Wildman–Crippen MR) is 132 cm³/mol. The first-order valence-electron chi connectivity index (χ1n) is 11.7. The summed E-state index contributed by atoms with van der Waals surface area (Å²) in [6, 6.07) is 16.4. The number of aromatic nitrogens is 4. The van der Waals surface area contributed by atoms with Crippen molar-refractivity contribution in [1.29, 1.82) is 0 Å². The molecule has 10 nitrogen and oxygen atoms in total. The van der Waals surface area contributed by atoms with Crippen LogP contribution in [0, 0.1) is 10.1 Å². The third-order valence-electron chi connectivity index (χ3n) is 5.54. The van der Waals surface area contributed by atoms with Gasteiger partial charge in [-0.25, -0.2) is 15.0 Å². The van der Waals surface area contributed by atoms with E-state index in [1.807, 2.05) is 48.7 Å². The third kappa shape index (κ3) is 5.55. The lowest BCUT2D eigenvalue weighted by Gasteiger charge is -2.16. The first-order valence-corrected chi connectivity index (χ1v) is 11.7. The number of hydrogen-bond acceptors (Lipinski definition) is 8. The Morgan fingerprint density at radius 3 is 2.66 bits per heavy atom. The highest BCUT2D eigenvalue weighted by atomic mass is 16.6. The molecule has 1 aliphatic rings. The van der Waals surface area contributed by atoms with E-state index in [0.29, 0.717) is 23.5 Å². The zero-order valence-electron chi connectivity index (χ0n) is 19.7. The number of benzene rings is 2. The molecule has 10 heteroatoms. The van der Waals surface area contributed by atoms with Gasteiger partial charge in [0.2, 0.25) is 0 Å². The number of nitro benzene ring substituents is 1. The SMILES string of the molecule is CC.O=[N+]([O-])c1ccccc1OCC1CCC(n2cnc3c(NCc4ccccc4)ncnc32)O1. The number of nitro groups is 1. The van der Waals surface area contributed by atoms with Crippen LogP contribution < -0.4 is 10.1 Å². The van der Waals surface area contributed by atoms with Gasteiger partial charge in [0, 0.05) is 12.6 Å². The third-order valence-corrected chi connectivity index (χ3v) is 5.54. The van der Waals surface area contributed by atoms with Crippen LogP contribution in [0.25, 0.3) is 11.2 Å². The summed E-state index contributed by atoms with van der Waals surface area (Å²) in [5.41, 5.74) is 2.45. The van der Waals surface area contributed by atoms with Gasteiger partial charge < -0.3 is 14.8 Å². The van der Waals surface area contributed by atoms with Crippen molar-refractivity contribution >= 4 is 22.7 Å². The first-order chi connectivity index (χ1) is 17.2. The minimum absolute atomic E-state index is 0.0557. The number of hydrogen-bond donors (Lipinski definition) is 1. The van der Waals surface area contributed by atoms with E-state index in [1.54, 1.807) is 24.5 Å². The maximum Gasteiger partial charge on any atom is 0.310 e. The molecule has 2 aromatic heterocycles. The zero-order valence-corrected chi connectivity index (χ0v) is 19.7. The average molecular weight is 477 g/mol. The Morgan fingerprint density at radius 2 is 1.86 bits per heavy atom. The van der Waals surface area contributed by atoms with Crippen molar-refractivity contribution in [2.75, 3.05) is 11.9 Å². The van der Waals surface area contributed by atoms with Gasteiger partial charge in [0.05, 0.1) is 17.4 Å². The van der Waals surface area contributed by atoms with Crippen LogP contribution in [-0.4, -0.2) is 37.2 Å². The van der Waals surface area contributed by atoms with Crippen molar-refractivity contribution in [2.45, 2.75) is 45.6 Å². The molecule has 1 saturated heterocycles. The maximum atomic E-state index is 11.2. The summed E-state index contributed by atoms with van der Waals surface area (Å²) in [6.07, 6.45) is 4.31. The van der Waals surface area contributed by atoms with Gasteiger partial charge in [-0.1, -0.05) is 56.3 Å². The van der Waals surface area contributed by atoms with Crippen LogP contribution in [0.4, 0.5) is 11.5 Å². The number of imidazole rings is 1. The molecule has 3 heterocycles. The van der Waals surface area contributed by atoms with Crippen molar-refractivity contribution in [1.82, 2.24) is 19.5 Å². The standard InChI is InChI=1S/C23H22N6O4.C2H6/c30-29(31)18-8-4-5-9-19(18)32-13-17-10-11-20(33-17)28-15-27-21-22(25-14-26-23(21)28)24-12-16-6-2-1-3-7-16;1-2/h1-9,14-15,17,20H,10-13H2,(H,24,25,26);1-2H3. The van der Waals surface area contributed by atoms with Crippen molar-refractivity contribution in [2.24, 2.45) is 0 Å². The molecule has 182 valence electrons. The molecule has 1 aliphatic heterocycles. The van der Waals surface area contributed by atoms with Crippen molar-refractivity contribution in [3.05, 3.63) is 82.9 Å². The van der Waals surface area contributed by atoms with Crippen LogP contribution in [0.5, 0.6) is 5.75 Å². The molecule has 1 fully saturated rings. The monoisotopic (exact) mass is 476 g/mol. The molecule has 0 radical (unpaired) electrons. The first kappa shape index (κ1) is 24.1. The molecular formula is C25H28N6O4. The molecule has 0 amide bonds. The fourth-order valence-electron chi connectivity index (χ4n) is 3.90. The van der Waals surface area contributed by atoms with E-state index in [1.165, 1.54) is 12.4 Å². The summed E-state index contributed by atoms with van der Waals surface area (Å²) in [6.45, 7) is 4.86. The molecule has 0 spiro atoms. The number of nitrogens with one attached hydrogen (secondary N) is 1. The van der Waals surface area contributed by atoms with E-state index in [-0.39, 0.29) is 30.4 Å². The molecule has 4 aromatic rings. The highest BCUT2D eigenvalue weighted by Crippen LogP contribution is 2.33. The zero-order chi connectivity index (χ0) is 24.6. The highest BCUT2D eigenvalue weighted by molar-refractivity contribution is 5.82. The summed E-state index contributed by atoms with van der Waals surface area (Å²) in [5.74, 6) is 0.904. The second-order valence-corrected chi connectivity index (χ2v) is 7.71. The maximum absolute atomic E-state index is 11.2. The highest BCUT2D eigenvalue weighted by Gasteiger charge is 2.29. The van der Waals surface area contributed by atoms with Gasteiger partial charge in [-0.05, 0) is 24.5 Å². The molecule has 35 heavy (non-hydrogen) atoms. The number of anilines is 1. The summed E-state index contributed by atoms with van der Waals surface area (Å²) in [7, 11) is 0. The topological polar surface area (TPSA) is 117 Å². The van der Waals surface area contributed by atoms with Gasteiger partial charge in [-0.2, -0.15) is 0 Å². The van der Waals surface area contributed by atoms with E-state index in [4.69, 9.17) is 9.47 Å². The van der Waals surface area contributed by atoms with Crippen molar-refractivity contribution in [3.8, 4) is 5.75 Å². The van der Waals surface area contributed by atoms with Crippen LogP contribution >= 0.6 is 0 Å². The Morgan fingerprint density at radius 1 is 1.09 bits per heavy atom. The quantitative estimate of drug-likeness (QED) is 0.275. The van der Waals surface area contributed by atoms with E-state index in [2.05, 4.69) is 20.3 Å². The van der Waals surface area contributed by atoms with Gasteiger partial charge >= 0.3 is 5.69 Å². The second kappa shape index (κ2) is 11.4. The molecule has 2 unspecified atom stereocenters. The number of para-hydroxylation sites is 2. The molecule has 0 aliphatic carbocycles. The van der Waals surface area contributed by atoms with Gasteiger partial charge in [-0.15, -0.1) is 0 Å². The van der Waals surface area contributed by atoms with E-state index in [9.17, 15) is 10.1 Å². The van der Waals surface area contributed by atoms with Crippen LogP contribution in [-0.2, 0) is 11.3 Å². The molecular weight excluding hydrogens is 448 g/mol. The summed E-state index contributed by atoms with van der Waals surface area (Å²) in [4.78, 5) is 24.0. The Kier molecular flexibility index (Phi) is 7.84. The predicted octanol–water partition coefficient (Wildman–Crippen LogP) is 5.13. The minimum Gasteiger partial charge on any atom is -0.484 e. The summed E-state index contributed by atoms with van der Waals surface area (Å²) >= 11 is 0. The van der Waals surface area contributed by atoms with Gasteiger partial charge in [0.1, 0.15) is 19.2 Å². The lowest BCUT2D eigenvalue weighted by atomic mass is 10.2. The van der Waals surface area contributed by atoms with Crippen LogP contribution in [0.1, 0.15) is 38.5 Å². The van der Waals surface area contributed by atoms with Crippen LogP contribution in [0.15, 0.2) is 67.3 Å². The fourth-order valence-corrected chi connectivity index (χ4v) is 3.90. The largest absolute Gasteiger partial charge is 0.484 e. The number of fused-ring (bicyclic) bond motifs is 1. The van der Waals surface area contributed by atoms with Crippen LogP contribution in [0.2, 0.25) is 0 Å². The molecule has 1 N–H and O–H groups in total. The lowest BCUT2D eigenvalue weighted by molar-refractivity contribution is -0.385. The van der Waals surface area contributed by atoms with Crippen molar-refractivity contribution < 1.29 is 14.4 Å². The molecule has 0 saturated carbocycles. The Hall–Kier alpha value is -4.05. The Bertz CT molecular complexity index is 1260. The van der Waals surface area contributed by atoms with Crippen LogP contribution in [0.3, 0.4) is 0 Å².